The zero-order valence-corrected chi connectivity index (χ0v) is 11.6. The van der Waals surface area contributed by atoms with E-state index in [4.69, 9.17) is 9.47 Å². The van der Waals surface area contributed by atoms with Gasteiger partial charge in [-0.05, 0) is 25.5 Å². The first kappa shape index (κ1) is 15.5. The summed E-state index contributed by atoms with van der Waals surface area (Å²) in [6, 6.07) is 4.58. The number of unbranched alkanes of at least 4 members (excludes halogenated alkanes) is 3. The third kappa shape index (κ3) is 5.75. The molecule has 0 aliphatic heterocycles. The van der Waals surface area contributed by atoms with Crippen molar-refractivity contribution in [2.75, 3.05) is 6.61 Å². The third-order valence-corrected chi connectivity index (χ3v) is 2.78. The highest BCUT2D eigenvalue weighted by atomic mass is 16.7. The Hall–Kier alpha value is -1.55. The van der Waals surface area contributed by atoms with Crippen LogP contribution in [0, 0.1) is 0 Å². The van der Waals surface area contributed by atoms with Gasteiger partial charge in [-0.2, -0.15) is 0 Å². The molecule has 0 aliphatic carbocycles. The fourth-order valence-electron chi connectivity index (χ4n) is 1.70. The Balaban J connectivity index is 2.33. The molecular weight excluding hydrogens is 244 g/mol. The summed E-state index contributed by atoms with van der Waals surface area (Å²) in [5.74, 6) is 0.409. The number of phenolic OH excluding ortho intramolecular Hbond substituents is 1. The van der Waals surface area contributed by atoms with Gasteiger partial charge in [-0.3, -0.25) is 4.79 Å². The molecule has 0 saturated heterocycles. The van der Waals surface area contributed by atoms with Crippen LogP contribution in [0.3, 0.4) is 0 Å². The number of ether oxygens (including phenoxy) is 2. The summed E-state index contributed by atoms with van der Waals surface area (Å²) in [6.45, 7) is 4.64. The molecule has 0 saturated carbocycles. The number of phenols is 1. The van der Waals surface area contributed by atoms with Crippen molar-refractivity contribution in [2.45, 2.75) is 45.8 Å². The van der Waals surface area contributed by atoms with E-state index in [1.54, 1.807) is 6.07 Å². The Bertz CT molecular complexity index is 390. The predicted molar refractivity (Wildman–Crippen MR) is 73.7 cm³/mol. The van der Waals surface area contributed by atoms with Gasteiger partial charge in [0.25, 0.3) is 0 Å². The lowest BCUT2D eigenvalue weighted by molar-refractivity contribution is -0.0677. The van der Waals surface area contributed by atoms with E-state index in [1.807, 2.05) is 6.92 Å². The highest BCUT2D eigenvalue weighted by molar-refractivity contribution is 5.79. The highest BCUT2D eigenvalue weighted by Crippen LogP contribution is 2.23. The van der Waals surface area contributed by atoms with Crippen LogP contribution in [0.4, 0.5) is 0 Å². The van der Waals surface area contributed by atoms with Crippen LogP contribution in [-0.2, 0) is 4.74 Å². The Labute approximate surface area is 114 Å². The molecule has 0 heterocycles. The van der Waals surface area contributed by atoms with Crippen LogP contribution in [0.5, 0.6) is 11.5 Å². The Morgan fingerprint density at radius 3 is 2.74 bits per heavy atom. The minimum Gasteiger partial charge on any atom is -0.507 e. The normalized spacial score (nSPS) is 12.1. The van der Waals surface area contributed by atoms with E-state index in [9.17, 15) is 9.90 Å². The average Bonchev–Trinajstić information content (AvgIpc) is 2.39. The topological polar surface area (TPSA) is 55.8 Å². The highest BCUT2D eigenvalue weighted by Gasteiger charge is 2.06. The molecule has 1 atom stereocenters. The van der Waals surface area contributed by atoms with Crippen LogP contribution in [0.25, 0.3) is 0 Å². The number of carbonyl (C=O) groups is 1. The van der Waals surface area contributed by atoms with Gasteiger partial charge in [-0.1, -0.05) is 26.2 Å². The van der Waals surface area contributed by atoms with Crippen molar-refractivity contribution in [1.29, 1.82) is 0 Å². The van der Waals surface area contributed by atoms with Gasteiger partial charge < -0.3 is 14.6 Å². The lowest BCUT2D eigenvalue weighted by Gasteiger charge is -2.15. The van der Waals surface area contributed by atoms with Gasteiger partial charge in [0.1, 0.15) is 11.5 Å². The first-order valence-electron chi connectivity index (χ1n) is 6.73. The molecule has 0 aromatic heterocycles. The smallest absolute Gasteiger partial charge is 0.196 e. The van der Waals surface area contributed by atoms with E-state index >= 15 is 0 Å². The minimum absolute atomic E-state index is 0.0809. The van der Waals surface area contributed by atoms with Crippen LogP contribution in [0.2, 0.25) is 0 Å². The van der Waals surface area contributed by atoms with Gasteiger partial charge in [-0.15, -0.1) is 0 Å². The van der Waals surface area contributed by atoms with Crippen molar-refractivity contribution < 1.29 is 19.4 Å². The minimum atomic E-state index is -0.372. The second-order valence-corrected chi connectivity index (χ2v) is 4.46. The monoisotopic (exact) mass is 266 g/mol. The molecule has 4 heteroatoms. The lowest BCUT2D eigenvalue weighted by atomic mass is 10.2. The largest absolute Gasteiger partial charge is 0.507 e. The first-order chi connectivity index (χ1) is 9.17. The van der Waals surface area contributed by atoms with Crippen molar-refractivity contribution in [3.8, 4) is 11.5 Å². The van der Waals surface area contributed by atoms with Crippen LogP contribution in [0.15, 0.2) is 18.2 Å². The molecule has 0 fully saturated rings. The lowest BCUT2D eigenvalue weighted by Crippen LogP contribution is -2.17. The van der Waals surface area contributed by atoms with Crippen molar-refractivity contribution in [2.24, 2.45) is 0 Å². The molecule has 1 aromatic carbocycles. The maximum Gasteiger partial charge on any atom is 0.196 e. The van der Waals surface area contributed by atoms with Gasteiger partial charge in [0.05, 0.1) is 12.2 Å². The SMILES string of the molecule is CCCCCCOC(C)Oc1ccc(C=O)c(O)c1. The quantitative estimate of drug-likeness (QED) is 0.422. The number of rotatable bonds is 9. The Morgan fingerprint density at radius 2 is 2.11 bits per heavy atom. The standard InChI is InChI=1S/C15H22O4/c1-3-4-5-6-9-18-12(2)19-14-8-7-13(11-16)15(17)10-14/h7-8,10-12,17H,3-6,9H2,1-2H3. The van der Waals surface area contributed by atoms with Gasteiger partial charge in [0.2, 0.25) is 0 Å². The van der Waals surface area contributed by atoms with Gasteiger partial charge in [0, 0.05) is 6.07 Å². The molecule has 1 unspecified atom stereocenters. The molecule has 1 aromatic rings. The predicted octanol–water partition coefficient (Wildman–Crippen LogP) is 3.53. The van der Waals surface area contributed by atoms with Crippen LogP contribution in [0.1, 0.15) is 49.9 Å². The summed E-state index contributed by atoms with van der Waals surface area (Å²) in [7, 11) is 0. The number of hydrogen-bond acceptors (Lipinski definition) is 4. The van der Waals surface area contributed by atoms with E-state index in [1.165, 1.54) is 25.0 Å². The second kappa shape index (κ2) is 8.53. The summed E-state index contributed by atoms with van der Waals surface area (Å²) >= 11 is 0. The first-order valence-corrected chi connectivity index (χ1v) is 6.73. The summed E-state index contributed by atoms with van der Waals surface area (Å²) < 4.78 is 11.0. The fourth-order valence-corrected chi connectivity index (χ4v) is 1.70. The van der Waals surface area contributed by atoms with Gasteiger partial charge >= 0.3 is 0 Å². The summed E-state index contributed by atoms with van der Waals surface area (Å²) in [6.07, 6.45) is 4.85. The zero-order valence-electron chi connectivity index (χ0n) is 11.6. The van der Waals surface area contributed by atoms with E-state index in [2.05, 4.69) is 6.92 Å². The molecule has 106 valence electrons. The molecular formula is C15H22O4. The number of hydrogen-bond donors (Lipinski definition) is 1. The van der Waals surface area contributed by atoms with Crippen LogP contribution >= 0.6 is 0 Å². The molecule has 0 bridgehead atoms. The number of benzene rings is 1. The van der Waals surface area contributed by atoms with Crippen LogP contribution < -0.4 is 4.74 Å². The van der Waals surface area contributed by atoms with E-state index in [-0.39, 0.29) is 17.6 Å². The maximum absolute atomic E-state index is 10.6. The molecule has 0 radical (unpaired) electrons. The van der Waals surface area contributed by atoms with E-state index in [0.29, 0.717) is 18.6 Å². The van der Waals surface area contributed by atoms with Crippen molar-refractivity contribution in [3.05, 3.63) is 23.8 Å². The molecule has 1 N–H and O–H groups in total. The molecule has 1 rings (SSSR count). The maximum atomic E-state index is 10.6. The van der Waals surface area contributed by atoms with Gasteiger partial charge in [-0.25, -0.2) is 0 Å². The zero-order chi connectivity index (χ0) is 14.1. The molecule has 0 spiro atoms. The average molecular weight is 266 g/mol. The fraction of sp³-hybridized carbons (Fsp3) is 0.533. The summed E-state index contributed by atoms with van der Waals surface area (Å²) in [4.78, 5) is 10.6. The number of carbonyl (C=O) groups excluding carboxylic acids is 1. The Morgan fingerprint density at radius 1 is 1.32 bits per heavy atom. The van der Waals surface area contributed by atoms with E-state index < -0.39 is 0 Å². The van der Waals surface area contributed by atoms with Crippen LogP contribution in [-0.4, -0.2) is 24.3 Å². The molecule has 19 heavy (non-hydrogen) atoms. The van der Waals surface area contributed by atoms with Crippen molar-refractivity contribution in [3.63, 3.8) is 0 Å². The third-order valence-electron chi connectivity index (χ3n) is 2.78. The number of aromatic hydroxyl groups is 1. The van der Waals surface area contributed by atoms with Gasteiger partial charge in [0.15, 0.2) is 12.6 Å². The molecule has 0 amide bonds. The second-order valence-electron chi connectivity index (χ2n) is 4.46. The van der Waals surface area contributed by atoms with E-state index in [0.717, 1.165) is 12.8 Å². The van der Waals surface area contributed by atoms with Crippen molar-refractivity contribution in [1.82, 2.24) is 0 Å². The Kier molecular flexibility index (Phi) is 6.97. The van der Waals surface area contributed by atoms with Crippen molar-refractivity contribution >= 4 is 6.29 Å². The molecule has 4 nitrogen and oxygen atoms in total. The number of aldehydes is 1. The summed E-state index contributed by atoms with van der Waals surface area (Å²) in [5.41, 5.74) is 0.250. The molecule has 0 aliphatic rings. The summed E-state index contributed by atoms with van der Waals surface area (Å²) in [5, 5.41) is 9.53.